The van der Waals surface area contributed by atoms with Gasteiger partial charge in [0.05, 0.1) is 0 Å². The van der Waals surface area contributed by atoms with Crippen molar-refractivity contribution in [3.8, 4) is 11.5 Å². The van der Waals surface area contributed by atoms with Crippen LogP contribution in [0.4, 0.5) is 11.5 Å². The summed E-state index contributed by atoms with van der Waals surface area (Å²) in [5, 5.41) is 6.02. The van der Waals surface area contributed by atoms with Gasteiger partial charge in [-0.25, -0.2) is 4.98 Å². The number of hydrogen-bond donors (Lipinski definition) is 2. The van der Waals surface area contributed by atoms with E-state index in [9.17, 15) is 9.59 Å². The first-order valence-corrected chi connectivity index (χ1v) is 9.09. The Morgan fingerprint density at radius 2 is 1.76 bits per heavy atom. The highest BCUT2D eigenvalue weighted by atomic mass is 16.7. The number of nitrogens with one attached hydrogen (secondary N) is 2. The molecule has 2 aromatic carbocycles. The molecule has 0 saturated heterocycles. The monoisotopic (exact) mass is 389 g/mol. The molecule has 3 aromatic rings. The first kappa shape index (κ1) is 18.5. The molecular weight excluding hydrogens is 370 g/mol. The zero-order valence-corrected chi connectivity index (χ0v) is 15.8. The fourth-order valence-electron chi connectivity index (χ4n) is 2.91. The third-order valence-corrected chi connectivity index (χ3v) is 4.48. The number of rotatable bonds is 6. The maximum absolute atomic E-state index is 12.5. The molecule has 2 N–H and O–H groups in total. The molecule has 1 aliphatic rings. The second-order valence-corrected chi connectivity index (χ2v) is 6.56. The molecule has 1 aliphatic heterocycles. The van der Waals surface area contributed by atoms with Crippen LogP contribution in [-0.2, 0) is 6.54 Å². The van der Waals surface area contributed by atoms with E-state index in [4.69, 9.17) is 9.47 Å². The number of aromatic nitrogens is 1. The van der Waals surface area contributed by atoms with Crippen LogP contribution in [0.3, 0.4) is 0 Å². The highest BCUT2D eigenvalue weighted by molar-refractivity contribution is 5.95. The van der Waals surface area contributed by atoms with Crippen LogP contribution in [0.2, 0.25) is 0 Å². The Morgan fingerprint density at radius 1 is 0.966 bits per heavy atom. The predicted octanol–water partition coefficient (Wildman–Crippen LogP) is 3.69. The van der Waals surface area contributed by atoms with Crippen molar-refractivity contribution in [3.63, 3.8) is 0 Å². The van der Waals surface area contributed by atoms with Gasteiger partial charge in [0.1, 0.15) is 5.82 Å². The molecule has 146 valence electrons. The Kier molecular flexibility index (Phi) is 5.11. The highest BCUT2D eigenvalue weighted by Gasteiger charge is 2.14. The van der Waals surface area contributed by atoms with Crippen molar-refractivity contribution in [2.24, 2.45) is 0 Å². The maximum atomic E-state index is 12.5. The van der Waals surface area contributed by atoms with Gasteiger partial charge in [0.15, 0.2) is 17.3 Å². The average Bonchev–Trinajstić information content (AvgIpc) is 3.20. The van der Waals surface area contributed by atoms with E-state index < -0.39 is 0 Å². The molecule has 1 amide bonds. The first-order chi connectivity index (χ1) is 14.1. The second-order valence-electron chi connectivity index (χ2n) is 6.56. The van der Waals surface area contributed by atoms with Crippen LogP contribution in [0.25, 0.3) is 0 Å². The van der Waals surface area contributed by atoms with Crippen LogP contribution >= 0.6 is 0 Å². The molecule has 0 unspecified atom stereocenters. The number of pyridine rings is 1. The average molecular weight is 389 g/mol. The van der Waals surface area contributed by atoms with Gasteiger partial charge in [-0.15, -0.1) is 0 Å². The molecule has 0 saturated carbocycles. The molecule has 0 aliphatic carbocycles. The molecule has 29 heavy (non-hydrogen) atoms. The summed E-state index contributed by atoms with van der Waals surface area (Å²) in [4.78, 5) is 28.1. The summed E-state index contributed by atoms with van der Waals surface area (Å²) in [6.45, 7) is 2.11. The molecular formula is C22H19N3O4. The quantitative estimate of drug-likeness (QED) is 0.625. The zero-order chi connectivity index (χ0) is 20.2. The lowest BCUT2D eigenvalue weighted by Crippen LogP contribution is -2.22. The van der Waals surface area contributed by atoms with Crippen molar-refractivity contribution < 1.29 is 19.1 Å². The van der Waals surface area contributed by atoms with Crippen LogP contribution < -0.4 is 20.1 Å². The van der Waals surface area contributed by atoms with E-state index in [0.717, 1.165) is 11.3 Å². The summed E-state index contributed by atoms with van der Waals surface area (Å²) in [6.07, 6.45) is 1.57. The topological polar surface area (TPSA) is 89.6 Å². The lowest BCUT2D eigenvalue weighted by Gasteiger charge is -2.09. The molecule has 0 fully saturated rings. The Bertz CT molecular complexity index is 1060. The number of ether oxygens (including phenoxy) is 2. The summed E-state index contributed by atoms with van der Waals surface area (Å²) in [5.41, 5.74) is 2.82. The number of carbonyl (C=O) groups excluding carboxylic acids is 2. The van der Waals surface area contributed by atoms with Gasteiger partial charge in [-0.1, -0.05) is 6.07 Å². The molecule has 2 heterocycles. The third-order valence-electron chi connectivity index (χ3n) is 4.48. The second kappa shape index (κ2) is 8.02. The van der Waals surface area contributed by atoms with Gasteiger partial charge in [-0.2, -0.15) is 0 Å². The minimum atomic E-state index is -0.208. The van der Waals surface area contributed by atoms with Gasteiger partial charge >= 0.3 is 0 Å². The van der Waals surface area contributed by atoms with E-state index in [1.165, 1.54) is 6.92 Å². The van der Waals surface area contributed by atoms with Crippen molar-refractivity contribution in [3.05, 3.63) is 77.5 Å². The molecule has 7 heteroatoms. The fraction of sp³-hybridized carbons (Fsp3) is 0.136. The molecule has 4 rings (SSSR count). The molecule has 7 nitrogen and oxygen atoms in total. The smallest absolute Gasteiger partial charge is 0.251 e. The molecule has 1 aromatic heterocycles. The van der Waals surface area contributed by atoms with E-state index in [1.54, 1.807) is 42.6 Å². The number of fused-ring (bicyclic) bond motifs is 1. The summed E-state index contributed by atoms with van der Waals surface area (Å²) in [5.74, 6) is 1.73. The number of hydrogen-bond acceptors (Lipinski definition) is 6. The van der Waals surface area contributed by atoms with Crippen LogP contribution in [-0.4, -0.2) is 23.5 Å². The maximum Gasteiger partial charge on any atom is 0.251 e. The highest BCUT2D eigenvalue weighted by Crippen LogP contribution is 2.32. The van der Waals surface area contributed by atoms with Gasteiger partial charge in [-0.05, 0) is 61.0 Å². The Balaban J connectivity index is 1.39. The van der Waals surface area contributed by atoms with Crippen molar-refractivity contribution >= 4 is 23.2 Å². The van der Waals surface area contributed by atoms with E-state index in [0.29, 0.717) is 35.0 Å². The van der Waals surface area contributed by atoms with E-state index in [-0.39, 0.29) is 18.5 Å². The van der Waals surface area contributed by atoms with Gasteiger partial charge in [0.2, 0.25) is 6.79 Å². The van der Waals surface area contributed by atoms with Crippen LogP contribution in [0, 0.1) is 0 Å². The van der Waals surface area contributed by atoms with Crippen LogP contribution in [0.5, 0.6) is 11.5 Å². The lowest BCUT2D eigenvalue weighted by molar-refractivity contribution is 0.0949. The van der Waals surface area contributed by atoms with E-state index in [1.807, 2.05) is 18.2 Å². The summed E-state index contributed by atoms with van der Waals surface area (Å²) in [6, 6.07) is 16.0. The summed E-state index contributed by atoms with van der Waals surface area (Å²) >= 11 is 0. The number of amides is 1. The normalized spacial score (nSPS) is 11.8. The number of Topliss-reactive ketones (excluding diaryl/α,β-unsaturated/α-hetero) is 1. The minimum Gasteiger partial charge on any atom is -0.454 e. The number of ketones is 1. The largest absolute Gasteiger partial charge is 0.454 e. The van der Waals surface area contributed by atoms with E-state index >= 15 is 0 Å². The van der Waals surface area contributed by atoms with Gasteiger partial charge in [-0.3, -0.25) is 9.59 Å². The van der Waals surface area contributed by atoms with Crippen molar-refractivity contribution in [2.45, 2.75) is 13.5 Å². The minimum absolute atomic E-state index is 0.0100. The molecule has 0 radical (unpaired) electrons. The third kappa shape index (κ3) is 4.35. The van der Waals surface area contributed by atoms with Crippen LogP contribution in [0.15, 0.2) is 60.8 Å². The Hall–Kier alpha value is -3.87. The summed E-state index contributed by atoms with van der Waals surface area (Å²) < 4.78 is 10.6. The standard InChI is InChI=1S/C22H19N3O4/c1-14(26)16-3-5-18(6-4-16)25-21-11-17(8-9-23-21)22(27)24-12-15-2-7-19-20(10-15)29-13-28-19/h2-11H,12-13H2,1H3,(H,23,25)(H,24,27). The van der Waals surface area contributed by atoms with Gasteiger partial charge < -0.3 is 20.1 Å². The Labute approximate surface area is 167 Å². The van der Waals surface area contributed by atoms with Crippen molar-refractivity contribution in [1.29, 1.82) is 0 Å². The first-order valence-electron chi connectivity index (χ1n) is 9.09. The van der Waals surface area contributed by atoms with Crippen molar-refractivity contribution in [2.75, 3.05) is 12.1 Å². The zero-order valence-electron chi connectivity index (χ0n) is 15.8. The SMILES string of the molecule is CC(=O)c1ccc(Nc2cc(C(=O)NCc3ccc4c(c3)OCO4)ccn2)cc1. The number of nitrogens with zero attached hydrogens (tertiary/aromatic N) is 1. The van der Waals surface area contributed by atoms with Crippen molar-refractivity contribution in [1.82, 2.24) is 10.3 Å². The number of benzene rings is 2. The molecule has 0 bridgehead atoms. The van der Waals surface area contributed by atoms with E-state index in [2.05, 4.69) is 15.6 Å². The van der Waals surface area contributed by atoms with Gasteiger partial charge in [0, 0.05) is 29.6 Å². The number of anilines is 2. The Morgan fingerprint density at radius 3 is 2.55 bits per heavy atom. The number of carbonyl (C=O) groups is 2. The lowest BCUT2D eigenvalue weighted by atomic mass is 10.1. The summed E-state index contributed by atoms with van der Waals surface area (Å²) in [7, 11) is 0. The molecule has 0 spiro atoms. The van der Waals surface area contributed by atoms with Crippen LogP contribution in [0.1, 0.15) is 33.2 Å². The molecule has 0 atom stereocenters. The van der Waals surface area contributed by atoms with Gasteiger partial charge in [0.25, 0.3) is 5.91 Å². The fourth-order valence-corrected chi connectivity index (χ4v) is 2.91. The predicted molar refractivity (Wildman–Crippen MR) is 108 cm³/mol.